The number of benzene rings is 1. The van der Waals surface area contributed by atoms with Crippen molar-refractivity contribution in [1.29, 1.82) is 0 Å². The van der Waals surface area contributed by atoms with Crippen LogP contribution >= 0.6 is 23.2 Å². The topological polar surface area (TPSA) is 43.2 Å². The molecule has 0 N–H and O–H groups in total. The van der Waals surface area contributed by atoms with Gasteiger partial charge in [0.15, 0.2) is 0 Å². The normalized spacial score (nSPS) is 15.3. The zero-order valence-electron chi connectivity index (χ0n) is 12.2. The van der Waals surface area contributed by atoms with E-state index in [9.17, 15) is 0 Å². The summed E-state index contributed by atoms with van der Waals surface area (Å²) in [6.07, 6.45) is 5.42. The number of hydrogen-bond donors (Lipinski definition) is 0. The molecule has 2 aromatic heterocycles. The predicted molar refractivity (Wildman–Crippen MR) is 91.9 cm³/mol. The van der Waals surface area contributed by atoms with E-state index in [2.05, 4.69) is 16.0 Å². The Morgan fingerprint density at radius 1 is 1.13 bits per heavy atom. The molecule has 0 unspecified atom stereocenters. The smallest absolute Gasteiger partial charge is 0.131 e. The van der Waals surface area contributed by atoms with Gasteiger partial charge < -0.3 is 14.2 Å². The van der Waals surface area contributed by atoms with Gasteiger partial charge in [0, 0.05) is 36.9 Å². The molecule has 1 aliphatic heterocycles. The lowest BCUT2D eigenvalue weighted by Crippen LogP contribution is -2.36. The van der Waals surface area contributed by atoms with E-state index in [-0.39, 0.29) is 0 Å². The number of aromatic nitrogens is 3. The summed E-state index contributed by atoms with van der Waals surface area (Å²) in [4.78, 5) is 11.1. The molecule has 0 atom stereocenters. The Balaban J connectivity index is 1.96. The second kappa shape index (κ2) is 6.00. The van der Waals surface area contributed by atoms with Crippen molar-refractivity contribution in [1.82, 2.24) is 14.5 Å². The molecule has 1 fully saturated rings. The largest absolute Gasteiger partial charge is 0.378 e. The van der Waals surface area contributed by atoms with Gasteiger partial charge in [-0.2, -0.15) is 0 Å². The van der Waals surface area contributed by atoms with E-state index in [1.807, 2.05) is 16.8 Å². The zero-order chi connectivity index (χ0) is 15.8. The maximum Gasteiger partial charge on any atom is 0.131 e. The summed E-state index contributed by atoms with van der Waals surface area (Å²) in [6.45, 7) is 3.01. The highest BCUT2D eigenvalue weighted by Gasteiger charge is 2.17. The third kappa shape index (κ3) is 2.65. The summed E-state index contributed by atoms with van der Waals surface area (Å²) in [6, 6.07) is 5.79. The van der Waals surface area contributed by atoms with Crippen molar-refractivity contribution >= 4 is 39.9 Å². The minimum absolute atomic E-state index is 0.473. The molecule has 0 bridgehead atoms. The van der Waals surface area contributed by atoms with Gasteiger partial charge in [-0.05, 0) is 12.1 Å². The zero-order valence-corrected chi connectivity index (χ0v) is 13.8. The highest BCUT2D eigenvalue weighted by atomic mass is 35.5. The van der Waals surface area contributed by atoms with E-state index in [4.69, 9.17) is 32.9 Å². The molecule has 5 nitrogen and oxygen atoms in total. The van der Waals surface area contributed by atoms with Crippen LogP contribution in [0.4, 0.5) is 5.82 Å². The van der Waals surface area contributed by atoms with Crippen molar-refractivity contribution < 1.29 is 4.74 Å². The van der Waals surface area contributed by atoms with Gasteiger partial charge in [-0.15, -0.1) is 0 Å². The van der Waals surface area contributed by atoms with Crippen LogP contribution < -0.4 is 4.90 Å². The lowest BCUT2D eigenvalue weighted by Gasteiger charge is -2.28. The first kappa shape index (κ1) is 14.8. The van der Waals surface area contributed by atoms with E-state index in [1.54, 1.807) is 18.6 Å². The van der Waals surface area contributed by atoms with Gasteiger partial charge in [-0.3, -0.25) is 0 Å². The third-order valence-electron chi connectivity index (χ3n) is 3.95. The van der Waals surface area contributed by atoms with Crippen LogP contribution in [0.5, 0.6) is 0 Å². The lowest BCUT2D eigenvalue weighted by atomic mass is 10.1. The summed E-state index contributed by atoms with van der Waals surface area (Å²) >= 11 is 12.6. The number of imidazole rings is 1. The molecule has 3 heterocycles. The van der Waals surface area contributed by atoms with Gasteiger partial charge in [0.05, 0.1) is 40.8 Å². The van der Waals surface area contributed by atoms with E-state index < -0.39 is 0 Å². The number of fused-ring (bicyclic) bond motifs is 1. The number of pyridine rings is 1. The predicted octanol–water partition coefficient (Wildman–Crippen LogP) is 3.56. The van der Waals surface area contributed by atoms with Gasteiger partial charge >= 0.3 is 0 Å². The van der Waals surface area contributed by atoms with Crippen molar-refractivity contribution in [2.75, 3.05) is 31.2 Å². The van der Waals surface area contributed by atoms with Crippen LogP contribution in [0.1, 0.15) is 0 Å². The summed E-state index contributed by atoms with van der Waals surface area (Å²) < 4.78 is 7.38. The lowest BCUT2D eigenvalue weighted by molar-refractivity contribution is 0.122. The second-order valence-corrected chi connectivity index (χ2v) is 6.11. The Labute approximate surface area is 143 Å². The maximum absolute atomic E-state index is 6.41. The molecule has 4 rings (SSSR count). The minimum Gasteiger partial charge on any atom is -0.378 e. The first-order chi connectivity index (χ1) is 11.2. The number of rotatable bonds is 2. The van der Waals surface area contributed by atoms with Crippen molar-refractivity contribution in [2.45, 2.75) is 0 Å². The first-order valence-corrected chi connectivity index (χ1v) is 8.09. The van der Waals surface area contributed by atoms with Gasteiger partial charge in [-0.25, -0.2) is 9.97 Å². The second-order valence-electron chi connectivity index (χ2n) is 5.33. The third-order valence-corrected chi connectivity index (χ3v) is 4.75. The van der Waals surface area contributed by atoms with Gasteiger partial charge in [0.2, 0.25) is 0 Å². The fraction of sp³-hybridized carbons (Fsp3) is 0.250. The highest BCUT2D eigenvalue weighted by molar-refractivity contribution is 6.45. The van der Waals surface area contributed by atoms with Crippen molar-refractivity contribution in [2.24, 2.45) is 0 Å². The Morgan fingerprint density at radius 2 is 1.96 bits per heavy atom. The van der Waals surface area contributed by atoms with Crippen LogP contribution in [-0.4, -0.2) is 40.8 Å². The first-order valence-electron chi connectivity index (χ1n) is 7.34. The van der Waals surface area contributed by atoms with Crippen molar-refractivity contribution in [3.8, 4) is 5.69 Å². The van der Waals surface area contributed by atoms with E-state index >= 15 is 0 Å². The monoisotopic (exact) mass is 348 g/mol. The molecular weight excluding hydrogens is 335 g/mol. The molecule has 23 heavy (non-hydrogen) atoms. The number of anilines is 1. The highest BCUT2D eigenvalue weighted by Crippen LogP contribution is 2.34. The van der Waals surface area contributed by atoms with Crippen LogP contribution in [0.25, 0.3) is 16.6 Å². The van der Waals surface area contributed by atoms with Gasteiger partial charge in [-0.1, -0.05) is 23.2 Å². The standard InChI is InChI=1S/C16H14Cl2N4O/c17-12-2-1-11-13(22-4-3-19-10-22)9-14(20-16(11)15(12)18)21-5-7-23-8-6-21/h1-4,9-10H,5-8H2. The van der Waals surface area contributed by atoms with Crippen LogP contribution in [0.15, 0.2) is 36.9 Å². The Bertz CT molecular complexity index is 845. The fourth-order valence-corrected chi connectivity index (χ4v) is 3.13. The molecule has 118 valence electrons. The average Bonchev–Trinajstić information content (AvgIpc) is 3.13. The number of morpholine rings is 1. The van der Waals surface area contributed by atoms with Crippen molar-refractivity contribution in [3.63, 3.8) is 0 Å². The van der Waals surface area contributed by atoms with Crippen LogP contribution in [0.2, 0.25) is 10.0 Å². The summed E-state index contributed by atoms with van der Waals surface area (Å²) in [7, 11) is 0. The SMILES string of the molecule is Clc1ccc2c(-n3ccnc3)cc(N3CCOCC3)nc2c1Cl. The molecule has 0 amide bonds. The molecule has 0 spiro atoms. The molecule has 3 aromatic rings. The number of hydrogen-bond acceptors (Lipinski definition) is 4. The molecule has 0 saturated carbocycles. The Morgan fingerprint density at radius 3 is 2.70 bits per heavy atom. The molecule has 0 radical (unpaired) electrons. The Kier molecular flexibility index (Phi) is 3.85. The maximum atomic E-state index is 6.41. The van der Waals surface area contributed by atoms with Gasteiger partial charge in [0.25, 0.3) is 0 Å². The molecule has 0 aliphatic carbocycles. The molecule has 1 aliphatic rings. The molecule has 1 saturated heterocycles. The minimum atomic E-state index is 0.473. The van der Waals surface area contributed by atoms with Crippen molar-refractivity contribution in [3.05, 3.63) is 47.0 Å². The molecule has 1 aromatic carbocycles. The quantitative estimate of drug-likeness (QED) is 0.710. The number of halogens is 2. The van der Waals surface area contributed by atoms with Crippen LogP contribution in [0.3, 0.4) is 0 Å². The molecule has 7 heteroatoms. The van der Waals surface area contributed by atoms with E-state index in [1.165, 1.54) is 0 Å². The fourth-order valence-electron chi connectivity index (χ4n) is 2.77. The summed E-state index contributed by atoms with van der Waals surface area (Å²) in [5.41, 5.74) is 1.68. The van der Waals surface area contributed by atoms with Crippen LogP contribution in [-0.2, 0) is 4.74 Å². The number of nitrogens with zero attached hydrogens (tertiary/aromatic N) is 4. The molecular formula is C16H14Cl2N4O. The average molecular weight is 349 g/mol. The van der Waals surface area contributed by atoms with Gasteiger partial charge in [0.1, 0.15) is 5.82 Å². The Hall–Kier alpha value is -1.82. The number of ether oxygens (including phenoxy) is 1. The van der Waals surface area contributed by atoms with Crippen LogP contribution in [0, 0.1) is 0 Å². The summed E-state index contributed by atoms with van der Waals surface area (Å²) in [5, 5.41) is 1.91. The van der Waals surface area contributed by atoms with E-state index in [0.29, 0.717) is 28.8 Å². The summed E-state index contributed by atoms with van der Waals surface area (Å²) in [5.74, 6) is 0.869. The van der Waals surface area contributed by atoms with E-state index in [0.717, 1.165) is 30.0 Å².